The van der Waals surface area contributed by atoms with Crippen LogP contribution < -0.4 is 11.5 Å². The molecule has 0 radical (unpaired) electrons. The second-order valence-electron chi connectivity index (χ2n) is 10.6. The first-order valence-corrected chi connectivity index (χ1v) is 13.4. The fourth-order valence-corrected chi connectivity index (χ4v) is 5.18. The topological polar surface area (TPSA) is 116 Å². The van der Waals surface area contributed by atoms with Crippen LogP contribution in [-0.2, 0) is 11.8 Å². The highest BCUT2D eigenvalue weighted by Gasteiger charge is 2.43. The summed E-state index contributed by atoms with van der Waals surface area (Å²) in [5.41, 5.74) is 14.0. The molecule has 2 heterocycles. The van der Waals surface area contributed by atoms with Crippen molar-refractivity contribution in [2.45, 2.75) is 78.2 Å². The highest BCUT2D eigenvalue weighted by Crippen LogP contribution is 2.46. The van der Waals surface area contributed by atoms with E-state index in [0.29, 0.717) is 24.5 Å². The van der Waals surface area contributed by atoms with Crippen LogP contribution in [0.3, 0.4) is 0 Å². The minimum absolute atomic E-state index is 0.00707. The molecule has 9 heteroatoms. The normalized spacial score (nSPS) is 18.3. The van der Waals surface area contributed by atoms with E-state index in [4.69, 9.17) is 16.5 Å². The van der Waals surface area contributed by atoms with E-state index in [-0.39, 0.29) is 17.2 Å². The summed E-state index contributed by atoms with van der Waals surface area (Å²) < 4.78 is 30.3. The van der Waals surface area contributed by atoms with E-state index in [1.54, 1.807) is 37.0 Å². The van der Waals surface area contributed by atoms with Gasteiger partial charge in [0.15, 0.2) is 0 Å². The van der Waals surface area contributed by atoms with Crippen LogP contribution in [0, 0.1) is 17.6 Å². The maximum absolute atomic E-state index is 14.3. The van der Waals surface area contributed by atoms with Gasteiger partial charge < -0.3 is 16.6 Å². The molecule has 3 aromatic rings. The van der Waals surface area contributed by atoms with Crippen LogP contribution in [0.4, 0.5) is 8.78 Å². The lowest BCUT2D eigenvalue weighted by molar-refractivity contribution is 0.0798. The quantitative estimate of drug-likeness (QED) is 0.362. The minimum Gasteiger partial charge on any atom is -0.401 e. The van der Waals surface area contributed by atoms with Crippen LogP contribution in [0.25, 0.3) is 11.6 Å². The summed E-state index contributed by atoms with van der Waals surface area (Å²) in [6.07, 6.45) is 7.61. The average Bonchev–Trinajstić information content (AvgIpc) is 3.33. The van der Waals surface area contributed by atoms with Crippen molar-refractivity contribution < 1.29 is 13.9 Å². The van der Waals surface area contributed by atoms with Crippen molar-refractivity contribution in [1.29, 1.82) is 0 Å². The van der Waals surface area contributed by atoms with Gasteiger partial charge in [0.2, 0.25) is 0 Å². The monoisotopic (exact) mass is 538 g/mol. The number of benzene rings is 1. The molecule has 0 aliphatic heterocycles. The first-order chi connectivity index (χ1) is 18.4. The summed E-state index contributed by atoms with van der Waals surface area (Å²) in [6.45, 7) is 11.6. The predicted molar refractivity (Wildman–Crippen MR) is 151 cm³/mol. The standard InChI is InChI=1S/C28H34F2N6O.C2H6/c1-17(2)28(23-10-13-33-26(34-23)36-14-11-19(35-36)16-27(3,4)37)12-6-7-18(25(28)32)15-22(31)24-20(29)8-5-9-21(24)30;1-2/h5,8-11,13-15,17,37H,6-7,12,16,31-32H2,1-4H3;1-2H3/b22-15-;. The lowest BCUT2D eigenvalue weighted by Gasteiger charge is -2.42. The van der Waals surface area contributed by atoms with Crippen molar-refractivity contribution >= 4 is 5.70 Å². The number of aliphatic hydroxyl groups is 1. The van der Waals surface area contributed by atoms with Crippen LogP contribution in [0.5, 0.6) is 0 Å². The fourth-order valence-electron chi connectivity index (χ4n) is 5.18. The van der Waals surface area contributed by atoms with Gasteiger partial charge in [-0.3, -0.25) is 0 Å². The number of rotatable bonds is 7. The number of nitrogens with zero attached hydrogens (tertiary/aromatic N) is 4. The molecule has 39 heavy (non-hydrogen) atoms. The fraction of sp³-hybridized carbons (Fsp3) is 0.433. The van der Waals surface area contributed by atoms with Crippen LogP contribution >= 0.6 is 0 Å². The van der Waals surface area contributed by atoms with Crippen molar-refractivity contribution in [3.8, 4) is 5.95 Å². The van der Waals surface area contributed by atoms with Gasteiger partial charge in [0.1, 0.15) is 11.6 Å². The number of nitrogens with two attached hydrogens (primary N) is 2. The highest BCUT2D eigenvalue weighted by molar-refractivity contribution is 5.67. The van der Waals surface area contributed by atoms with Crippen LogP contribution in [0.1, 0.15) is 77.8 Å². The molecule has 1 aliphatic carbocycles. The Morgan fingerprint density at radius 1 is 1.18 bits per heavy atom. The Bertz CT molecular complexity index is 1340. The number of halogens is 2. The van der Waals surface area contributed by atoms with Gasteiger partial charge in [0.25, 0.3) is 5.95 Å². The Morgan fingerprint density at radius 2 is 1.85 bits per heavy atom. The van der Waals surface area contributed by atoms with E-state index >= 15 is 0 Å². The highest BCUT2D eigenvalue weighted by atomic mass is 19.1. The Hall–Kier alpha value is -3.59. The van der Waals surface area contributed by atoms with E-state index in [9.17, 15) is 13.9 Å². The average molecular weight is 539 g/mol. The van der Waals surface area contributed by atoms with Gasteiger partial charge in [-0.25, -0.2) is 23.4 Å². The third-order valence-corrected chi connectivity index (χ3v) is 6.97. The van der Waals surface area contributed by atoms with E-state index in [0.717, 1.165) is 29.8 Å². The smallest absolute Gasteiger partial charge is 0.250 e. The van der Waals surface area contributed by atoms with Crippen molar-refractivity contribution in [3.63, 3.8) is 0 Å². The zero-order chi connectivity index (χ0) is 29.0. The molecule has 7 nitrogen and oxygen atoms in total. The molecule has 1 aliphatic rings. The lowest BCUT2D eigenvalue weighted by atomic mass is 9.64. The molecule has 1 atom stereocenters. The van der Waals surface area contributed by atoms with E-state index < -0.39 is 22.7 Å². The zero-order valence-electron chi connectivity index (χ0n) is 23.7. The van der Waals surface area contributed by atoms with E-state index in [1.165, 1.54) is 18.2 Å². The van der Waals surface area contributed by atoms with Crippen molar-refractivity contribution in [2.24, 2.45) is 17.4 Å². The Balaban J connectivity index is 0.00000205. The van der Waals surface area contributed by atoms with Crippen molar-refractivity contribution in [1.82, 2.24) is 19.7 Å². The first-order valence-electron chi connectivity index (χ1n) is 13.4. The SMILES string of the molecule is CC.CC(C)C1(c2ccnc(-n3ccc(CC(C)(C)O)n3)n2)CCCC(/C=C(\N)c2c(F)cccc2F)=C1N. The molecule has 0 fully saturated rings. The second-order valence-corrected chi connectivity index (χ2v) is 10.6. The van der Waals surface area contributed by atoms with Gasteiger partial charge in [-0.05, 0) is 74.9 Å². The van der Waals surface area contributed by atoms with Gasteiger partial charge in [0.05, 0.1) is 28.0 Å². The molecule has 0 saturated heterocycles. The largest absolute Gasteiger partial charge is 0.401 e. The Morgan fingerprint density at radius 3 is 2.46 bits per heavy atom. The maximum atomic E-state index is 14.3. The summed E-state index contributed by atoms with van der Waals surface area (Å²) in [7, 11) is 0. The molecule has 0 bridgehead atoms. The first kappa shape index (κ1) is 30.0. The van der Waals surface area contributed by atoms with Crippen LogP contribution in [0.2, 0.25) is 0 Å². The molecule has 5 N–H and O–H groups in total. The van der Waals surface area contributed by atoms with Gasteiger partial charge in [-0.15, -0.1) is 0 Å². The number of hydrogen-bond acceptors (Lipinski definition) is 6. The van der Waals surface area contributed by atoms with Gasteiger partial charge >= 0.3 is 0 Å². The molecule has 1 unspecified atom stereocenters. The Labute approximate surface area is 229 Å². The number of allylic oxidation sites excluding steroid dienone is 3. The maximum Gasteiger partial charge on any atom is 0.250 e. The molecular formula is C30H40F2N6O. The summed E-state index contributed by atoms with van der Waals surface area (Å²) in [5, 5.41) is 14.7. The Kier molecular flexibility index (Phi) is 9.27. The van der Waals surface area contributed by atoms with Crippen molar-refractivity contribution in [3.05, 3.63) is 88.7 Å². The summed E-state index contributed by atoms with van der Waals surface area (Å²) in [6, 6.07) is 7.35. The van der Waals surface area contributed by atoms with Gasteiger partial charge in [-0.2, -0.15) is 5.10 Å². The van der Waals surface area contributed by atoms with Crippen molar-refractivity contribution in [2.75, 3.05) is 0 Å². The summed E-state index contributed by atoms with van der Waals surface area (Å²) in [4.78, 5) is 9.27. The molecule has 0 saturated carbocycles. The van der Waals surface area contributed by atoms with Crippen LogP contribution in [-0.4, -0.2) is 30.5 Å². The third kappa shape index (κ3) is 6.36. The zero-order valence-corrected chi connectivity index (χ0v) is 23.7. The van der Waals surface area contributed by atoms with Gasteiger partial charge in [-0.1, -0.05) is 33.8 Å². The second kappa shape index (κ2) is 12.1. The molecule has 4 rings (SSSR count). The van der Waals surface area contributed by atoms with E-state index in [2.05, 4.69) is 23.9 Å². The lowest BCUT2D eigenvalue weighted by Crippen LogP contribution is -2.42. The molecule has 0 amide bonds. The molecular weight excluding hydrogens is 498 g/mol. The third-order valence-electron chi connectivity index (χ3n) is 6.97. The number of hydrogen-bond donors (Lipinski definition) is 3. The predicted octanol–water partition coefficient (Wildman–Crippen LogP) is 5.57. The molecule has 0 spiro atoms. The molecule has 2 aromatic heterocycles. The van der Waals surface area contributed by atoms with Gasteiger partial charge in [0, 0.05) is 30.2 Å². The number of aromatic nitrogens is 4. The summed E-state index contributed by atoms with van der Waals surface area (Å²) >= 11 is 0. The molecule has 1 aromatic carbocycles. The minimum atomic E-state index is -0.887. The molecule has 210 valence electrons. The summed E-state index contributed by atoms with van der Waals surface area (Å²) in [5.74, 6) is -0.985. The van der Waals surface area contributed by atoms with E-state index in [1.807, 2.05) is 26.0 Å². The van der Waals surface area contributed by atoms with Crippen LogP contribution in [0.15, 0.2) is 60.1 Å².